The average molecular weight is 420 g/mol. The number of aromatic nitrogens is 2. The Morgan fingerprint density at radius 2 is 1.84 bits per heavy atom. The minimum absolute atomic E-state index is 0.229. The first-order chi connectivity index (χ1) is 14.9. The van der Waals surface area contributed by atoms with Gasteiger partial charge in [0, 0.05) is 6.54 Å². The van der Waals surface area contributed by atoms with Gasteiger partial charge >= 0.3 is 5.97 Å². The van der Waals surface area contributed by atoms with Crippen LogP contribution in [0.5, 0.6) is 0 Å². The number of aryl methyl sites for hydroxylation is 1. The van der Waals surface area contributed by atoms with E-state index in [4.69, 9.17) is 9.72 Å². The van der Waals surface area contributed by atoms with E-state index in [1.807, 2.05) is 55.5 Å². The molecule has 6 heteroatoms. The first-order valence-electron chi connectivity index (χ1n) is 10.9. The molecular formula is C25H29N3O3. The van der Waals surface area contributed by atoms with Gasteiger partial charge in [0.1, 0.15) is 0 Å². The Morgan fingerprint density at radius 1 is 1.13 bits per heavy atom. The molecule has 0 spiro atoms. The van der Waals surface area contributed by atoms with E-state index in [0.717, 1.165) is 28.6 Å². The molecule has 162 valence electrons. The van der Waals surface area contributed by atoms with Crippen LogP contribution in [0.1, 0.15) is 44.4 Å². The minimum Gasteiger partial charge on any atom is -0.465 e. The van der Waals surface area contributed by atoms with Gasteiger partial charge in [-0.05, 0) is 49.4 Å². The fraction of sp³-hybridized carbons (Fsp3) is 0.400. The van der Waals surface area contributed by atoms with Gasteiger partial charge in [-0.3, -0.25) is 14.5 Å². The number of fused-ring (bicyclic) bond motifs is 3. The smallest absolute Gasteiger partial charge is 0.321 e. The third-order valence-electron chi connectivity index (χ3n) is 5.92. The van der Waals surface area contributed by atoms with E-state index in [2.05, 4.69) is 18.4 Å². The number of benzene rings is 2. The van der Waals surface area contributed by atoms with E-state index in [1.165, 1.54) is 0 Å². The number of nitrogens with zero attached hydrogens (tertiary/aromatic N) is 3. The van der Waals surface area contributed by atoms with Crippen LogP contribution in [-0.2, 0) is 14.3 Å². The van der Waals surface area contributed by atoms with E-state index in [9.17, 15) is 9.59 Å². The molecule has 0 N–H and O–H groups in total. The fourth-order valence-corrected chi connectivity index (χ4v) is 4.34. The van der Waals surface area contributed by atoms with Crippen molar-refractivity contribution in [3.05, 3.63) is 59.7 Å². The predicted molar refractivity (Wildman–Crippen MR) is 121 cm³/mol. The van der Waals surface area contributed by atoms with Crippen LogP contribution in [0.4, 0.5) is 5.95 Å². The van der Waals surface area contributed by atoms with Crippen molar-refractivity contribution in [3.8, 4) is 0 Å². The predicted octanol–water partition coefficient (Wildman–Crippen LogP) is 4.51. The first kappa shape index (κ1) is 21.1. The number of amides is 1. The van der Waals surface area contributed by atoms with E-state index in [-0.39, 0.29) is 12.5 Å². The molecule has 0 fully saturated rings. The molecule has 0 saturated carbocycles. The zero-order valence-electron chi connectivity index (χ0n) is 18.5. The highest BCUT2D eigenvalue weighted by atomic mass is 16.5. The maximum absolute atomic E-state index is 13.8. The van der Waals surface area contributed by atoms with Gasteiger partial charge in [-0.15, -0.1) is 0 Å². The molecule has 0 radical (unpaired) electrons. The summed E-state index contributed by atoms with van der Waals surface area (Å²) in [6, 6.07) is 15.2. The molecule has 3 aromatic rings. The van der Waals surface area contributed by atoms with Gasteiger partial charge in [-0.2, -0.15) is 0 Å². The summed E-state index contributed by atoms with van der Waals surface area (Å²) < 4.78 is 7.46. The van der Waals surface area contributed by atoms with Crippen molar-refractivity contribution in [2.75, 3.05) is 18.1 Å². The molecular weight excluding hydrogens is 390 g/mol. The van der Waals surface area contributed by atoms with Crippen LogP contribution in [0.25, 0.3) is 11.0 Å². The van der Waals surface area contributed by atoms with Crippen molar-refractivity contribution < 1.29 is 14.3 Å². The molecule has 6 nitrogen and oxygen atoms in total. The van der Waals surface area contributed by atoms with E-state index >= 15 is 0 Å². The Kier molecular flexibility index (Phi) is 5.81. The SMILES string of the molecule is CCOC(=O)[C@H]1C(=O)N(CCC(C)C)c2nc3ccccc3n2[C@H]1c1ccccc1C. The molecule has 0 bridgehead atoms. The van der Waals surface area contributed by atoms with Crippen molar-refractivity contribution in [2.24, 2.45) is 11.8 Å². The summed E-state index contributed by atoms with van der Waals surface area (Å²) in [5.41, 5.74) is 3.67. The van der Waals surface area contributed by atoms with Crippen LogP contribution in [0.15, 0.2) is 48.5 Å². The lowest BCUT2D eigenvalue weighted by Gasteiger charge is -2.38. The third-order valence-corrected chi connectivity index (χ3v) is 5.92. The van der Waals surface area contributed by atoms with Gasteiger partial charge in [0.25, 0.3) is 0 Å². The van der Waals surface area contributed by atoms with Gasteiger partial charge in [0.15, 0.2) is 5.92 Å². The number of imidazole rings is 1. The van der Waals surface area contributed by atoms with Gasteiger partial charge in [0.2, 0.25) is 11.9 Å². The molecule has 2 heterocycles. The van der Waals surface area contributed by atoms with Crippen LogP contribution < -0.4 is 4.90 Å². The van der Waals surface area contributed by atoms with Crippen LogP contribution in [0.3, 0.4) is 0 Å². The Bertz CT molecular complexity index is 1120. The Labute approximate surface area is 182 Å². The average Bonchev–Trinajstić information content (AvgIpc) is 3.12. The number of hydrogen-bond donors (Lipinski definition) is 0. The fourth-order valence-electron chi connectivity index (χ4n) is 4.34. The third kappa shape index (κ3) is 3.71. The molecule has 2 atom stereocenters. The quantitative estimate of drug-likeness (QED) is 0.436. The molecule has 0 saturated heterocycles. The second kappa shape index (κ2) is 8.53. The lowest BCUT2D eigenvalue weighted by atomic mass is 9.87. The van der Waals surface area contributed by atoms with Gasteiger partial charge in [-0.1, -0.05) is 50.2 Å². The molecule has 2 aromatic carbocycles. The topological polar surface area (TPSA) is 64.4 Å². The van der Waals surface area contributed by atoms with Crippen molar-refractivity contribution in [1.29, 1.82) is 0 Å². The molecule has 31 heavy (non-hydrogen) atoms. The zero-order chi connectivity index (χ0) is 22.1. The summed E-state index contributed by atoms with van der Waals surface area (Å²) in [4.78, 5) is 33.4. The number of esters is 1. The molecule has 0 aliphatic carbocycles. The van der Waals surface area contributed by atoms with Crippen LogP contribution in [0, 0.1) is 18.8 Å². The summed E-state index contributed by atoms with van der Waals surface area (Å²) in [5, 5.41) is 0. The number of carbonyl (C=O) groups is 2. The standard InChI is InChI=1S/C25H29N3O3/c1-5-31-24(30)21-22(18-11-7-6-10-17(18)4)28-20-13-9-8-12-19(20)26-25(28)27(23(21)29)15-14-16(2)3/h6-13,16,21-22H,5,14-15H2,1-4H3/t21-,22+/m1/s1. The number of ether oxygens (including phenoxy) is 1. The largest absolute Gasteiger partial charge is 0.465 e. The summed E-state index contributed by atoms with van der Waals surface area (Å²) in [6.07, 6.45) is 0.819. The minimum atomic E-state index is -0.960. The van der Waals surface area contributed by atoms with Crippen molar-refractivity contribution in [2.45, 2.75) is 40.2 Å². The summed E-state index contributed by atoms with van der Waals surface area (Å²) in [6.45, 7) is 8.75. The number of anilines is 1. The van der Waals surface area contributed by atoms with Gasteiger partial charge in [-0.25, -0.2) is 4.98 Å². The normalized spacial score (nSPS) is 18.5. The van der Waals surface area contributed by atoms with Crippen molar-refractivity contribution in [3.63, 3.8) is 0 Å². The molecule has 1 aliphatic heterocycles. The Balaban J connectivity index is 1.98. The van der Waals surface area contributed by atoms with Gasteiger partial charge < -0.3 is 9.30 Å². The highest BCUT2D eigenvalue weighted by molar-refractivity contribution is 6.08. The second-order valence-electron chi connectivity index (χ2n) is 8.47. The summed E-state index contributed by atoms with van der Waals surface area (Å²) in [5.74, 6) is -0.673. The molecule has 1 aromatic heterocycles. The lowest BCUT2D eigenvalue weighted by molar-refractivity contribution is -0.153. The van der Waals surface area contributed by atoms with Crippen LogP contribution >= 0.6 is 0 Å². The summed E-state index contributed by atoms with van der Waals surface area (Å²) >= 11 is 0. The molecule has 1 aliphatic rings. The van der Waals surface area contributed by atoms with Crippen LogP contribution in [-0.4, -0.2) is 34.6 Å². The number of para-hydroxylation sites is 2. The van der Waals surface area contributed by atoms with E-state index in [1.54, 1.807) is 11.8 Å². The number of carbonyl (C=O) groups excluding carboxylic acids is 2. The van der Waals surface area contributed by atoms with Crippen molar-refractivity contribution in [1.82, 2.24) is 9.55 Å². The second-order valence-corrected chi connectivity index (χ2v) is 8.47. The highest BCUT2D eigenvalue weighted by Gasteiger charge is 2.48. The van der Waals surface area contributed by atoms with E-state index in [0.29, 0.717) is 18.4 Å². The van der Waals surface area contributed by atoms with Crippen molar-refractivity contribution >= 4 is 28.9 Å². The molecule has 4 rings (SSSR count). The molecule has 0 unspecified atom stereocenters. The maximum Gasteiger partial charge on any atom is 0.321 e. The zero-order valence-corrected chi connectivity index (χ0v) is 18.5. The lowest BCUT2D eigenvalue weighted by Crippen LogP contribution is -2.50. The van der Waals surface area contributed by atoms with Gasteiger partial charge in [0.05, 0.1) is 23.7 Å². The maximum atomic E-state index is 13.8. The highest BCUT2D eigenvalue weighted by Crippen LogP contribution is 2.42. The summed E-state index contributed by atoms with van der Waals surface area (Å²) in [7, 11) is 0. The van der Waals surface area contributed by atoms with E-state index < -0.39 is 17.9 Å². The Hall–Kier alpha value is -3.15. The van der Waals surface area contributed by atoms with Crippen LogP contribution in [0.2, 0.25) is 0 Å². The first-order valence-corrected chi connectivity index (χ1v) is 10.9. The monoisotopic (exact) mass is 419 g/mol. The Morgan fingerprint density at radius 3 is 2.55 bits per heavy atom. The number of rotatable bonds is 6. The molecule has 1 amide bonds. The number of hydrogen-bond acceptors (Lipinski definition) is 4.